The minimum absolute atomic E-state index is 0.162. The highest BCUT2D eigenvalue weighted by Gasteiger charge is 2.23. The Morgan fingerprint density at radius 1 is 0.750 bits per heavy atom. The van der Waals surface area contributed by atoms with Crippen molar-refractivity contribution in [3.63, 3.8) is 0 Å². The van der Waals surface area contributed by atoms with Crippen molar-refractivity contribution in [1.82, 2.24) is 10.6 Å². The molecule has 172 valence electrons. The van der Waals surface area contributed by atoms with Crippen LogP contribution in [0.15, 0.2) is 36.4 Å². The summed E-state index contributed by atoms with van der Waals surface area (Å²) >= 11 is 0. The van der Waals surface area contributed by atoms with E-state index in [0.29, 0.717) is 24.9 Å². The fraction of sp³-hybridized carbons (Fsp3) is 0.462. The Morgan fingerprint density at radius 3 is 1.59 bits per heavy atom. The molecule has 3 rings (SSSR count). The van der Waals surface area contributed by atoms with Crippen molar-refractivity contribution >= 4 is 23.4 Å². The van der Waals surface area contributed by atoms with Crippen molar-refractivity contribution in [3.05, 3.63) is 58.7 Å². The zero-order valence-corrected chi connectivity index (χ0v) is 19.7. The lowest BCUT2D eigenvalue weighted by Crippen LogP contribution is -2.38. The van der Waals surface area contributed by atoms with Crippen LogP contribution in [-0.4, -0.2) is 25.2 Å². The Balaban J connectivity index is 1.40. The van der Waals surface area contributed by atoms with Gasteiger partial charge in [0.1, 0.15) is 0 Å². The molecule has 2 atom stereocenters. The van der Waals surface area contributed by atoms with Gasteiger partial charge < -0.3 is 21.3 Å². The number of amides is 4. The van der Waals surface area contributed by atoms with E-state index in [1.807, 2.05) is 52.0 Å². The van der Waals surface area contributed by atoms with Gasteiger partial charge in [0, 0.05) is 24.5 Å². The molecule has 0 aromatic heterocycles. The summed E-state index contributed by atoms with van der Waals surface area (Å²) in [7, 11) is 0. The molecule has 0 radical (unpaired) electrons. The van der Waals surface area contributed by atoms with Crippen LogP contribution in [0.4, 0.5) is 21.0 Å². The molecule has 32 heavy (non-hydrogen) atoms. The first-order valence-corrected chi connectivity index (χ1v) is 11.5. The fourth-order valence-corrected chi connectivity index (χ4v) is 4.49. The van der Waals surface area contributed by atoms with Crippen LogP contribution in [0, 0.1) is 39.5 Å². The zero-order valence-electron chi connectivity index (χ0n) is 19.7. The van der Waals surface area contributed by atoms with Gasteiger partial charge in [0.05, 0.1) is 0 Å². The highest BCUT2D eigenvalue weighted by molar-refractivity contribution is 5.90. The molecular weight excluding hydrogens is 400 g/mol. The van der Waals surface area contributed by atoms with Gasteiger partial charge in [-0.1, -0.05) is 41.8 Å². The Hall–Kier alpha value is -3.02. The molecule has 0 aliphatic heterocycles. The van der Waals surface area contributed by atoms with E-state index in [0.717, 1.165) is 48.2 Å². The molecular formula is C26H36N4O2. The lowest BCUT2D eigenvalue weighted by Gasteiger charge is -2.29. The van der Waals surface area contributed by atoms with Gasteiger partial charge >= 0.3 is 12.1 Å². The first kappa shape index (κ1) is 23.6. The van der Waals surface area contributed by atoms with Gasteiger partial charge in [-0.15, -0.1) is 0 Å². The van der Waals surface area contributed by atoms with Gasteiger partial charge in [-0.2, -0.15) is 0 Å². The van der Waals surface area contributed by atoms with Gasteiger partial charge in [-0.25, -0.2) is 9.59 Å². The quantitative estimate of drug-likeness (QED) is 0.470. The second-order valence-corrected chi connectivity index (χ2v) is 9.21. The molecule has 1 aliphatic rings. The largest absolute Gasteiger partial charge is 0.338 e. The van der Waals surface area contributed by atoms with Gasteiger partial charge in [0.2, 0.25) is 0 Å². The average molecular weight is 437 g/mol. The van der Waals surface area contributed by atoms with E-state index >= 15 is 0 Å². The Labute approximate surface area is 191 Å². The summed E-state index contributed by atoms with van der Waals surface area (Å²) in [6, 6.07) is 11.7. The van der Waals surface area contributed by atoms with Crippen molar-refractivity contribution in [2.24, 2.45) is 11.8 Å². The number of rotatable bonds is 6. The van der Waals surface area contributed by atoms with Crippen molar-refractivity contribution < 1.29 is 9.59 Å². The second kappa shape index (κ2) is 11.0. The number of carbonyl (C=O) groups excluding carboxylic acids is 2. The van der Waals surface area contributed by atoms with E-state index < -0.39 is 0 Å². The molecule has 0 spiro atoms. The van der Waals surface area contributed by atoms with Gasteiger partial charge in [-0.05, 0) is 82.1 Å². The average Bonchev–Trinajstić information content (AvgIpc) is 2.75. The maximum atomic E-state index is 12.3. The number of hydrogen-bond acceptors (Lipinski definition) is 2. The standard InChI is InChI=1S/C26H36N4O2/c1-17-8-10-23(19(3)12-17)29-25(31)27-15-21-6-5-7-22(14-21)16-28-26(32)30-24-11-9-18(2)13-20(24)4/h8-13,21-22H,5-7,14-16H2,1-4H3,(H2,27,29,31)(H2,28,30,32)/t21-,22-/m0/s1. The van der Waals surface area contributed by atoms with Crippen molar-refractivity contribution in [2.45, 2.75) is 53.4 Å². The number of anilines is 2. The predicted octanol–water partition coefficient (Wildman–Crippen LogP) is 5.67. The molecule has 2 aromatic rings. The van der Waals surface area contributed by atoms with E-state index in [1.54, 1.807) is 0 Å². The lowest BCUT2D eigenvalue weighted by atomic mass is 9.81. The second-order valence-electron chi connectivity index (χ2n) is 9.21. The van der Waals surface area contributed by atoms with E-state index in [-0.39, 0.29) is 12.1 Å². The van der Waals surface area contributed by atoms with E-state index in [4.69, 9.17) is 0 Å². The number of nitrogens with one attached hydrogen (secondary N) is 4. The van der Waals surface area contributed by atoms with Gasteiger partial charge in [0.25, 0.3) is 0 Å². The molecule has 1 fully saturated rings. The normalized spacial score (nSPS) is 18.0. The van der Waals surface area contributed by atoms with Crippen LogP contribution in [0.2, 0.25) is 0 Å². The maximum Gasteiger partial charge on any atom is 0.319 e. The highest BCUT2D eigenvalue weighted by atomic mass is 16.2. The molecule has 2 aromatic carbocycles. The lowest BCUT2D eigenvalue weighted by molar-refractivity contribution is 0.230. The third kappa shape index (κ3) is 7.01. The maximum absolute atomic E-state index is 12.3. The van der Waals surface area contributed by atoms with Crippen LogP contribution in [0.3, 0.4) is 0 Å². The smallest absolute Gasteiger partial charge is 0.319 e. The molecule has 4 N–H and O–H groups in total. The summed E-state index contributed by atoms with van der Waals surface area (Å²) < 4.78 is 0. The Morgan fingerprint density at radius 2 is 1.19 bits per heavy atom. The van der Waals surface area contributed by atoms with Crippen molar-refractivity contribution in [3.8, 4) is 0 Å². The first-order chi connectivity index (χ1) is 15.3. The number of carbonyl (C=O) groups is 2. The molecule has 4 amide bonds. The minimum atomic E-state index is -0.162. The Kier molecular flexibility index (Phi) is 8.14. The van der Waals surface area contributed by atoms with Crippen molar-refractivity contribution in [2.75, 3.05) is 23.7 Å². The SMILES string of the molecule is Cc1ccc(NC(=O)NC[C@H]2CCC[C@H](CNC(=O)Nc3ccc(C)cc3C)C2)c(C)c1. The number of aryl methyl sites for hydroxylation is 4. The third-order valence-corrected chi connectivity index (χ3v) is 6.25. The molecule has 0 heterocycles. The number of benzene rings is 2. The molecule has 0 unspecified atom stereocenters. The van der Waals surface area contributed by atoms with E-state index in [9.17, 15) is 9.59 Å². The first-order valence-electron chi connectivity index (χ1n) is 11.5. The van der Waals surface area contributed by atoms with E-state index in [2.05, 4.69) is 33.4 Å². The monoisotopic (exact) mass is 436 g/mol. The van der Waals surface area contributed by atoms with Crippen LogP contribution in [-0.2, 0) is 0 Å². The van der Waals surface area contributed by atoms with Crippen LogP contribution in [0.25, 0.3) is 0 Å². The Bertz CT molecular complexity index is 881. The van der Waals surface area contributed by atoms with Gasteiger partial charge in [0.15, 0.2) is 0 Å². The van der Waals surface area contributed by atoms with E-state index in [1.165, 1.54) is 11.1 Å². The minimum Gasteiger partial charge on any atom is -0.338 e. The van der Waals surface area contributed by atoms with Gasteiger partial charge in [-0.3, -0.25) is 0 Å². The summed E-state index contributed by atoms with van der Waals surface area (Å²) in [5.41, 5.74) is 6.16. The van der Waals surface area contributed by atoms with Crippen LogP contribution < -0.4 is 21.3 Å². The summed E-state index contributed by atoms with van der Waals surface area (Å²) in [5.74, 6) is 0.866. The summed E-state index contributed by atoms with van der Waals surface area (Å²) in [4.78, 5) is 24.6. The van der Waals surface area contributed by atoms with Crippen molar-refractivity contribution in [1.29, 1.82) is 0 Å². The summed E-state index contributed by atoms with van der Waals surface area (Å²) in [6.45, 7) is 9.38. The zero-order chi connectivity index (χ0) is 23.1. The fourth-order valence-electron chi connectivity index (χ4n) is 4.49. The van der Waals surface area contributed by atoms with Crippen LogP contribution in [0.1, 0.15) is 47.9 Å². The third-order valence-electron chi connectivity index (χ3n) is 6.25. The molecule has 1 saturated carbocycles. The molecule has 6 nitrogen and oxygen atoms in total. The topological polar surface area (TPSA) is 82.3 Å². The van der Waals surface area contributed by atoms with Crippen LogP contribution in [0.5, 0.6) is 0 Å². The van der Waals surface area contributed by atoms with Crippen LogP contribution >= 0.6 is 0 Å². The highest BCUT2D eigenvalue weighted by Crippen LogP contribution is 2.28. The molecule has 6 heteroatoms. The summed E-state index contributed by atoms with van der Waals surface area (Å²) in [5, 5.41) is 11.9. The summed E-state index contributed by atoms with van der Waals surface area (Å²) in [6.07, 6.45) is 4.34. The number of hydrogen-bond donors (Lipinski definition) is 4. The molecule has 0 saturated heterocycles. The molecule has 0 bridgehead atoms. The predicted molar refractivity (Wildman–Crippen MR) is 131 cm³/mol. The molecule has 1 aliphatic carbocycles. The number of urea groups is 2.